The number of carboxylic acid groups (broad SMARTS) is 1. The molecule has 20 heavy (non-hydrogen) atoms. The smallest absolute Gasteiger partial charge is 0.323 e. The molecule has 5 nitrogen and oxygen atoms in total. The molecule has 1 N–H and O–H groups in total. The second kappa shape index (κ2) is 7.75. The lowest BCUT2D eigenvalue weighted by atomic mass is 10.2. The molecular weight excluding hydrogens is 280 g/mol. The Labute approximate surface area is 123 Å². The summed E-state index contributed by atoms with van der Waals surface area (Å²) in [5.41, 5.74) is 0.942. The Bertz CT molecular complexity index is 462. The first-order valence-electron chi connectivity index (χ1n) is 6.40. The van der Waals surface area contributed by atoms with E-state index in [0.717, 1.165) is 5.56 Å². The molecule has 110 valence electrons. The Balaban J connectivity index is 2.67. The maximum absolute atomic E-state index is 12.2. The van der Waals surface area contributed by atoms with Crippen LogP contribution in [0, 0.1) is 0 Å². The van der Waals surface area contributed by atoms with Crippen LogP contribution in [0.2, 0.25) is 5.02 Å². The van der Waals surface area contributed by atoms with Gasteiger partial charge in [-0.05, 0) is 24.1 Å². The molecule has 0 aliphatic carbocycles. The molecule has 2 amide bonds. The molecule has 0 unspecified atom stereocenters. The molecular formula is C14H19ClN2O3. The van der Waals surface area contributed by atoms with Crippen LogP contribution < -0.4 is 0 Å². The fourth-order valence-electron chi connectivity index (χ4n) is 1.85. The first kappa shape index (κ1) is 16.3. The lowest BCUT2D eigenvalue weighted by Gasteiger charge is -2.26. The van der Waals surface area contributed by atoms with Gasteiger partial charge in [0, 0.05) is 25.2 Å². The summed E-state index contributed by atoms with van der Waals surface area (Å²) in [6, 6.07) is 6.91. The van der Waals surface area contributed by atoms with Crippen LogP contribution in [0.4, 0.5) is 4.79 Å². The number of carbonyl (C=O) groups excluding carboxylic acids is 1. The van der Waals surface area contributed by atoms with E-state index in [9.17, 15) is 9.59 Å². The molecule has 0 spiro atoms. The molecule has 0 heterocycles. The molecule has 1 rings (SSSR count). The van der Waals surface area contributed by atoms with Crippen LogP contribution in [0.25, 0.3) is 0 Å². The summed E-state index contributed by atoms with van der Waals surface area (Å²) in [4.78, 5) is 25.8. The zero-order valence-corrected chi connectivity index (χ0v) is 12.4. The SMILES string of the molecule is CCCN(CC(=O)O)C(=O)N(C)Cc1ccc(Cl)cc1. The van der Waals surface area contributed by atoms with E-state index in [1.807, 2.05) is 19.1 Å². The Morgan fingerprint density at radius 3 is 2.35 bits per heavy atom. The zero-order valence-electron chi connectivity index (χ0n) is 11.7. The van der Waals surface area contributed by atoms with Gasteiger partial charge in [-0.15, -0.1) is 0 Å². The van der Waals surface area contributed by atoms with Gasteiger partial charge in [-0.2, -0.15) is 0 Å². The molecule has 0 aliphatic rings. The number of carbonyl (C=O) groups is 2. The van der Waals surface area contributed by atoms with Gasteiger partial charge in [0.2, 0.25) is 0 Å². The molecule has 0 saturated carbocycles. The molecule has 0 aromatic heterocycles. The van der Waals surface area contributed by atoms with Gasteiger partial charge in [0.25, 0.3) is 0 Å². The van der Waals surface area contributed by atoms with Crippen LogP contribution in [-0.2, 0) is 11.3 Å². The summed E-state index contributed by atoms with van der Waals surface area (Å²) < 4.78 is 0. The monoisotopic (exact) mass is 298 g/mol. The van der Waals surface area contributed by atoms with Gasteiger partial charge in [-0.1, -0.05) is 30.7 Å². The van der Waals surface area contributed by atoms with Crippen molar-refractivity contribution in [3.05, 3.63) is 34.9 Å². The van der Waals surface area contributed by atoms with E-state index in [2.05, 4.69) is 0 Å². The van der Waals surface area contributed by atoms with Crippen molar-refractivity contribution in [2.45, 2.75) is 19.9 Å². The average molecular weight is 299 g/mol. The van der Waals surface area contributed by atoms with Gasteiger partial charge < -0.3 is 14.9 Å². The molecule has 0 aliphatic heterocycles. The van der Waals surface area contributed by atoms with Crippen LogP contribution in [0.15, 0.2) is 24.3 Å². The van der Waals surface area contributed by atoms with Gasteiger partial charge in [0.15, 0.2) is 0 Å². The zero-order chi connectivity index (χ0) is 15.1. The predicted molar refractivity (Wildman–Crippen MR) is 77.8 cm³/mol. The summed E-state index contributed by atoms with van der Waals surface area (Å²) in [6.45, 7) is 2.46. The third-order valence-electron chi connectivity index (χ3n) is 2.75. The minimum absolute atomic E-state index is 0.280. The van der Waals surface area contributed by atoms with Crippen molar-refractivity contribution in [1.29, 1.82) is 0 Å². The molecule has 0 radical (unpaired) electrons. The van der Waals surface area contributed by atoms with Crippen LogP contribution in [-0.4, -0.2) is 47.0 Å². The Kier molecular flexibility index (Phi) is 6.31. The third-order valence-corrected chi connectivity index (χ3v) is 3.00. The largest absolute Gasteiger partial charge is 0.480 e. The Hall–Kier alpha value is -1.75. The number of aliphatic carboxylic acids is 1. The van der Waals surface area contributed by atoms with Gasteiger partial charge in [-0.3, -0.25) is 4.79 Å². The minimum atomic E-state index is -1.01. The number of urea groups is 1. The number of hydrogen-bond acceptors (Lipinski definition) is 2. The average Bonchev–Trinajstić information content (AvgIpc) is 2.39. The van der Waals surface area contributed by atoms with Gasteiger partial charge in [0.1, 0.15) is 6.54 Å². The van der Waals surface area contributed by atoms with Crippen LogP contribution in [0.5, 0.6) is 0 Å². The number of benzene rings is 1. The maximum atomic E-state index is 12.2. The molecule has 0 bridgehead atoms. The second-order valence-electron chi connectivity index (χ2n) is 4.58. The number of rotatable bonds is 6. The lowest BCUT2D eigenvalue weighted by Crippen LogP contribution is -2.43. The molecule has 0 saturated heterocycles. The van der Waals surface area contributed by atoms with Gasteiger partial charge in [0.05, 0.1) is 0 Å². The number of nitrogens with zero attached hydrogens (tertiary/aromatic N) is 2. The lowest BCUT2D eigenvalue weighted by molar-refractivity contribution is -0.137. The first-order valence-corrected chi connectivity index (χ1v) is 6.78. The number of halogens is 1. The Morgan fingerprint density at radius 1 is 1.25 bits per heavy atom. The number of carboxylic acids is 1. The highest BCUT2D eigenvalue weighted by atomic mass is 35.5. The highest BCUT2D eigenvalue weighted by molar-refractivity contribution is 6.30. The van der Waals surface area contributed by atoms with Gasteiger partial charge >= 0.3 is 12.0 Å². The van der Waals surface area contributed by atoms with Crippen LogP contribution in [0.1, 0.15) is 18.9 Å². The van der Waals surface area contributed by atoms with Crippen molar-refractivity contribution in [3.8, 4) is 0 Å². The van der Waals surface area contributed by atoms with E-state index in [4.69, 9.17) is 16.7 Å². The Morgan fingerprint density at radius 2 is 1.85 bits per heavy atom. The molecule has 1 aromatic carbocycles. The van der Waals surface area contributed by atoms with E-state index in [1.165, 1.54) is 9.80 Å². The van der Waals surface area contributed by atoms with E-state index < -0.39 is 5.97 Å². The second-order valence-corrected chi connectivity index (χ2v) is 5.02. The van der Waals surface area contributed by atoms with Crippen LogP contribution in [0.3, 0.4) is 0 Å². The summed E-state index contributed by atoms with van der Waals surface area (Å²) in [6.07, 6.45) is 0.716. The van der Waals surface area contributed by atoms with E-state index in [1.54, 1.807) is 19.2 Å². The van der Waals surface area contributed by atoms with Crippen molar-refractivity contribution in [2.24, 2.45) is 0 Å². The fraction of sp³-hybridized carbons (Fsp3) is 0.429. The standard InChI is InChI=1S/C14H19ClN2O3/c1-3-8-17(10-13(18)19)14(20)16(2)9-11-4-6-12(15)7-5-11/h4-7H,3,8-10H2,1-2H3,(H,18,19). The summed E-state index contributed by atoms with van der Waals surface area (Å²) in [5.74, 6) is -1.01. The fourth-order valence-corrected chi connectivity index (χ4v) is 1.97. The quantitative estimate of drug-likeness (QED) is 0.878. The minimum Gasteiger partial charge on any atom is -0.480 e. The molecule has 6 heteroatoms. The van der Waals surface area contributed by atoms with Crippen molar-refractivity contribution < 1.29 is 14.7 Å². The third kappa shape index (κ3) is 5.09. The molecule has 0 fully saturated rings. The highest BCUT2D eigenvalue weighted by Gasteiger charge is 2.19. The molecule has 0 atom stereocenters. The maximum Gasteiger partial charge on any atom is 0.323 e. The van der Waals surface area contributed by atoms with Crippen LogP contribution >= 0.6 is 11.6 Å². The van der Waals surface area contributed by atoms with E-state index in [0.29, 0.717) is 24.5 Å². The topological polar surface area (TPSA) is 60.9 Å². The van der Waals surface area contributed by atoms with Crippen molar-refractivity contribution >= 4 is 23.6 Å². The first-order chi connectivity index (χ1) is 9.43. The molecule has 1 aromatic rings. The number of hydrogen-bond donors (Lipinski definition) is 1. The highest BCUT2D eigenvalue weighted by Crippen LogP contribution is 2.12. The van der Waals surface area contributed by atoms with Crippen molar-refractivity contribution in [1.82, 2.24) is 9.80 Å². The number of amides is 2. The van der Waals surface area contributed by atoms with Gasteiger partial charge in [-0.25, -0.2) is 4.79 Å². The predicted octanol–water partition coefficient (Wildman–Crippen LogP) is 2.69. The van der Waals surface area contributed by atoms with E-state index in [-0.39, 0.29) is 12.6 Å². The normalized spacial score (nSPS) is 10.2. The summed E-state index contributed by atoms with van der Waals surface area (Å²) in [5, 5.41) is 9.47. The van der Waals surface area contributed by atoms with E-state index >= 15 is 0 Å². The summed E-state index contributed by atoms with van der Waals surface area (Å²) >= 11 is 5.81. The van der Waals surface area contributed by atoms with Crippen molar-refractivity contribution in [3.63, 3.8) is 0 Å². The summed E-state index contributed by atoms with van der Waals surface area (Å²) in [7, 11) is 1.65. The van der Waals surface area contributed by atoms with Crippen molar-refractivity contribution in [2.75, 3.05) is 20.1 Å².